The zero-order valence-electron chi connectivity index (χ0n) is 11.4. The van der Waals surface area contributed by atoms with Gasteiger partial charge in [-0.2, -0.15) is 0 Å². The lowest BCUT2D eigenvalue weighted by atomic mass is 10.0. The largest absolute Gasteiger partial charge is 0.492 e. The van der Waals surface area contributed by atoms with E-state index in [4.69, 9.17) is 22.1 Å². The molecule has 0 aliphatic rings. The van der Waals surface area contributed by atoms with Crippen LogP contribution in [0.3, 0.4) is 0 Å². The van der Waals surface area contributed by atoms with Gasteiger partial charge >= 0.3 is 0 Å². The van der Waals surface area contributed by atoms with Gasteiger partial charge in [-0.05, 0) is 35.2 Å². The smallest absolute Gasteiger partial charge is 0.120 e. The van der Waals surface area contributed by atoms with Crippen molar-refractivity contribution in [3.8, 4) is 5.75 Å². The number of pyridine rings is 1. The van der Waals surface area contributed by atoms with Gasteiger partial charge in [-0.3, -0.25) is 4.98 Å². The van der Waals surface area contributed by atoms with Gasteiger partial charge in [-0.1, -0.05) is 35.9 Å². The van der Waals surface area contributed by atoms with Crippen molar-refractivity contribution in [2.45, 2.75) is 6.04 Å². The van der Waals surface area contributed by atoms with Crippen LogP contribution in [0, 0.1) is 0 Å². The number of rotatable bonds is 4. The van der Waals surface area contributed by atoms with E-state index in [0.717, 1.165) is 22.1 Å². The van der Waals surface area contributed by atoms with E-state index in [9.17, 15) is 0 Å². The first-order chi connectivity index (χ1) is 10.2. The van der Waals surface area contributed by atoms with E-state index in [1.165, 1.54) is 0 Å². The monoisotopic (exact) mass is 298 g/mol. The molecule has 2 N–H and O–H groups in total. The second kappa shape index (κ2) is 6.12. The van der Waals surface area contributed by atoms with Crippen LogP contribution in [0.2, 0.25) is 5.02 Å². The molecule has 0 spiro atoms. The molecule has 0 amide bonds. The maximum absolute atomic E-state index is 6.26. The Hall–Kier alpha value is -2.10. The fourth-order valence-corrected chi connectivity index (χ4v) is 2.47. The second-order valence-corrected chi connectivity index (χ2v) is 5.26. The molecule has 106 valence electrons. The zero-order valence-corrected chi connectivity index (χ0v) is 12.1. The number of fused-ring (bicyclic) bond motifs is 1. The van der Waals surface area contributed by atoms with Crippen molar-refractivity contribution < 1.29 is 4.74 Å². The van der Waals surface area contributed by atoms with Gasteiger partial charge in [0.05, 0.1) is 6.04 Å². The summed E-state index contributed by atoms with van der Waals surface area (Å²) in [5.74, 6) is 0.719. The molecule has 0 saturated carbocycles. The van der Waals surface area contributed by atoms with Crippen molar-refractivity contribution in [2.24, 2.45) is 5.73 Å². The Morgan fingerprint density at radius 1 is 1.14 bits per heavy atom. The summed E-state index contributed by atoms with van der Waals surface area (Å²) >= 11 is 5.94. The van der Waals surface area contributed by atoms with Crippen LogP contribution in [0.1, 0.15) is 11.6 Å². The summed E-state index contributed by atoms with van der Waals surface area (Å²) < 4.78 is 5.72. The second-order valence-electron chi connectivity index (χ2n) is 4.82. The molecule has 21 heavy (non-hydrogen) atoms. The molecule has 0 radical (unpaired) electrons. The summed E-state index contributed by atoms with van der Waals surface area (Å²) in [6, 6.07) is 15.1. The number of ether oxygens (including phenoxy) is 1. The first kappa shape index (κ1) is 13.9. The third-order valence-corrected chi connectivity index (χ3v) is 3.58. The summed E-state index contributed by atoms with van der Waals surface area (Å²) in [6.45, 7) is 0.383. The molecule has 1 unspecified atom stereocenters. The lowest BCUT2D eigenvalue weighted by Crippen LogP contribution is -2.19. The van der Waals surface area contributed by atoms with E-state index in [-0.39, 0.29) is 6.04 Å². The quantitative estimate of drug-likeness (QED) is 0.793. The third-order valence-electron chi connectivity index (χ3n) is 3.34. The highest BCUT2D eigenvalue weighted by Gasteiger charge is 2.11. The van der Waals surface area contributed by atoms with Crippen molar-refractivity contribution in [1.29, 1.82) is 0 Å². The summed E-state index contributed by atoms with van der Waals surface area (Å²) in [6.07, 6.45) is 3.62. The minimum absolute atomic E-state index is 0.225. The Morgan fingerprint density at radius 2 is 2.00 bits per heavy atom. The summed E-state index contributed by atoms with van der Waals surface area (Å²) in [5, 5.41) is 2.83. The molecule has 0 aliphatic heterocycles. The minimum atomic E-state index is -0.225. The Balaban J connectivity index is 1.79. The van der Waals surface area contributed by atoms with Crippen molar-refractivity contribution >= 4 is 22.4 Å². The molecular formula is C17H15ClN2O. The molecule has 1 heterocycles. The van der Waals surface area contributed by atoms with E-state index >= 15 is 0 Å². The van der Waals surface area contributed by atoms with Crippen molar-refractivity contribution in [1.82, 2.24) is 4.98 Å². The topological polar surface area (TPSA) is 48.1 Å². The van der Waals surface area contributed by atoms with Crippen molar-refractivity contribution in [3.63, 3.8) is 0 Å². The molecule has 3 rings (SSSR count). The molecule has 2 aromatic carbocycles. The van der Waals surface area contributed by atoms with Crippen molar-refractivity contribution in [3.05, 3.63) is 71.5 Å². The molecule has 1 atom stereocenters. The van der Waals surface area contributed by atoms with Crippen LogP contribution in [-0.2, 0) is 0 Å². The molecule has 0 fully saturated rings. The number of nitrogens with zero attached hydrogens (tertiary/aromatic N) is 1. The molecular weight excluding hydrogens is 284 g/mol. The third kappa shape index (κ3) is 3.15. The predicted octanol–water partition coefficient (Wildman–Crippen LogP) is 3.97. The maximum atomic E-state index is 6.26. The molecule has 0 aliphatic carbocycles. The van der Waals surface area contributed by atoms with Gasteiger partial charge in [-0.25, -0.2) is 0 Å². The van der Waals surface area contributed by atoms with Crippen LogP contribution in [0.5, 0.6) is 5.75 Å². The minimum Gasteiger partial charge on any atom is -0.492 e. The fourth-order valence-electron chi connectivity index (χ4n) is 2.29. The highest BCUT2D eigenvalue weighted by molar-refractivity contribution is 6.30. The van der Waals surface area contributed by atoms with Crippen LogP contribution in [0.4, 0.5) is 0 Å². The number of benzene rings is 2. The number of nitrogens with two attached hydrogens (primary N) is 1. The Labute approximate surface area is 128 Å². The average Bonchev–Trinajstić information content (AvgIpc) is 2.52. The van der Waals surface area contributed by atoms with Gasteiger partial charge in [0.25, 0.3) is 0 Å². The van der Waals surface area contributed by atoms with Crippen LogP contribution < -0.4 is 10.5 Å². The average molecular weight is 299 g/mol. The number of hydrogen-bond acceptors (Lipinski definition) is 3. The molecule has 4 heteroatoms. The van der Waals surface area contributed by atoms with Gasteiger partial charge < -0.3 is 10.5 Å². The van der Waals surface area contributed by atoms with E-state index < -0.39 is 0 Å². The van der Waals surface area contributed by atoms with Gasteiger partial charge in [0.2, 0.25) is 0 Å². The standard InChI is InChI=1S/C17H15ClN2O/c18-13-4-2-5-14(9-13)21-11-17(19)15-6-1-3-12-7-8-20-10-16(12)15/h1-10,17H,11,19H2. The van der Waals surface area contributed by atoms with Gasteiger partial charge in [-0.15, -0.1) is 0 Å². The normalized spacial score (nSPS) is 12.3. The number of hydrogen-bond donors (Lipinski definition) is 1. The van der Waals surface area contributed by atoms with Crippen molar-refractivity contribution in [2.75, 3.05) is 6.61 Å². The Morgan fingerprint density at radius 3 is 2.86 bits per heavy atom. The van der Waals surface area contributed by atoms with Gasteiger partial charge in [0.1, 0.15) is 12.4 Å². The molecule has 0 saturated heterocycles. The first-order valence-electron chi connectivity index (χ1n) is 6.70. The highest BCUT2D eigenvalue weighted by atomic mass is 35.5. The van der Waals surface area contributed by atoms with E-state index in [1.807, 2.05) is 48.7 Å². The maximum Gasteiger partial charge on any atom is 0.120 e. The lowest BCUT2D eigenvalue weighted by molar-refractivity contribution is 0.291. The molecule has 1 aromatic heterocycles. The lowest BCUT2D eigenvalue weighted by Gasteiger charge is -2.15. The van der Waals surface area contributed by atoms with Gasteiger partial charge in [0.15, 0.2) is 0 Å². The fraction of sp³-hybridized carbons (Fsp3) is 0.118. The number of aromatic nitrogens is 1. The van der Waals surface area contributed by atoms with Crippen LogP contribution in [0.15, 0.2) is 60.9 Å². The highest BCUT2D eigenvalue weighted by Crippen LogP contribution is 2.24. The molecule has 0 bridgehead atoms. The summed E-state index contributed by atoms with van der Waals surface area (Å²) in [4.78, 5) is 4.17. The van der Waals surface area contributed by atoms with Crippen LogP contribution >= 0.6 is 11.6 Å². The van der Waals surface area contributed by atoms with Gasteiger partial charge in [0, 0.05) is 22.8 Å². The summed E-state index contributed by atoms with van der Waals surface area (Å²) in [5.41, 5.74) is 7.29. The summed E-state index contributed by atoms with van der Waals surface area (Å²) in [7, 11) is 0. The zero-order chi connectivity index (χ0) is 14.7. The molecule has 3 nitrogen and oxygen atoms in total. The SMILES string of the molecule is NC(COc1cccc(Cl)c1)c1cccc2ccncc12. The predicted molar refractivity (Wildman–Crippen MR) is 85.6 cm³/mol. The van der Waals surface area contributed by atoms with Crippen LogP contribution in [-0.4, -0.2) is 11.6 Å². The first-order valence-corrected chi connectivity index (χ1v) is 7.08. The molecule has 3 aromatic rings. The number of halogens is 1. The van der Waals surface area contributed by atoms with Crippen LogP contribution in [0.25, 0.3) is 10.8 Å². The Kier molecular flexibility index (Phi) is 4.04. The van der Waals surface area contributed by atoms with E-state index in [2.05, 4.69) is 4.98 Å². The van der Waals surface area contributed by atoms with E-state index in [1.54, 1.807) is 12.3 Å². The Bertz CT molecular complexity index is 755. The van der Waals surface area contributed by atoms with E-state index in [0.29, 0.717) is 11.6 Å².